The summed E-state index contributed by atoms with van der Waals surface area (Å²) >= 11 is 1.39. The average Bonchev–Trinajstić information content (AvgIpc) is 3.04. The third-order valence-electron chi connectivity index (χ3n) is 2.89. The predicted molar refractivity (Wildman–Crippen MR) is 80.0 cm³/mol. The number of carbonyl (C=O) groups excluding carboxylic acids is 1. The van der Waals surface area contributed by atoms with Gasteiger partial charge in [-0.25, -0.2) is 4.98 Å². The molecule has 0 fully saturated rings. The number of benzene rings is 1. The van der Waals surface area contributed by atoms with Crippen LogP contribution < -0.4 is 10.1 Å². The normalized spacial score (nSPS) is 10.8. The number of anilines is 1. The van der Waals surface area contributed by atoms with Gasteiger partial charge in [-0.3, -0.25) is 10.1 Å². The Bertz CT molecular complexity index is 794. The molecule has 3 aromatic rings. The van der Waals surface area contributed by atoms with Gasteiger partial charge in [0.05, 0.1) is 23.0 Å². The van der Waals surface area contributed by atoms with E-state index in [9.17, 15) is 4.79 Å². The van der Waals surface area contributed by atoms with E-state index < -0.39 is 0 Å². The minimum atomic E-state index is -0.280. The lowest BCUT2D eigenvalue weighted by Gasteiger charge is -2.00. The molecule has 0 spiro atoms. The van der Waals surface area contributed by atoms with Gasteiger partial charge in [0, 0.05) is 0 Å². The molecule has 0 saturated carbocycles. The Labute approximate surface area is 124 Å². The van der Waals surface area contributed by atoms with E-state index in [0.717, 1.165) is 16.0 Å². The molecular weight excluding hydrogens is 290 g/mol. The number of carbonyl (C=O) groups is 1. The summed E-state index contributed by atoms with van der Waals surface area (Å²) in [6.45, 7) is 4.24. The predicted octanol–water partition coefficient (Wildman–Crippen LogP) is 3.24. The molecule has 2 heterocycles. The molecule has 2 aromatic heterocycles. The van der Waals surface area contributed by atoms with Gasteiger partial charge in [0.25, 0.3) is 5.91 Å². The number of rotatable bonds is 4. The van der Waals surface area contributed by atoms with Crippen molar-refractivity contribution in [3.8, 4) is 5.75 Å². The summed E-state index contributed by atoms with van der Waals surface area (Å²) in [4.78, 5) is 16.4. The Balaban J connectivity index is 1.84. The number of ether oxygens (including phenoxy) is 1. The van der Waals surface area contributed by atoms with Gasteiger partial charge in [0.1, 0.15) is 17.1 Å². The van der Waals surface area contributed by atoms with Gasteiger partial charge in [0.2, 0.25) is 0 Å². The van der Waals surface area contributed by atoms with Crippen LogP contribution in [0.25, 0.3) is 10.2 Å². The third kappa shape index (κ3) is 2.73. The first-order valence-electron chi connectivity index (χ1n) is 6.43. The van der Waals surface area contributed by atoms with Gasteiger partial charge in [-0.15, -0.1) is 0 Å². The third-order valence-corrected chi connectivity index (χ3v) is 3.82. The molecule has 1 amide bonds. The molecule has 0 aliphatic rings. The van der Waals surface area contributed by atoms with Gasteiger partial charge in [0.15, 0.2) is 5.13 Å². The second kappa shape index (κ2) is 5.53. The number of hydrogen-bond donors (Lipinski definition) is 1. The molecule has 0 aliphatic carbocycles. The molecule has 3 rings (SSSR count). The Morgan fingerprint density at radius 2 is 2.33 bits per heavy atom. The van der Waals surface area contributed by atoms with Gasteiger partial charge < -0.3 is 9.26 Å². The number of hydrogen-bond acceptors (Lipinski definition) is 6. The van der Waals surface area contributed by atoms with E-state index in [1.807, 2.05) is 25.1 Å². The van der Waals surface area contributed by atoms with E-state index >= 15 is 0 Å². The van der Waals surface area contributed by atoms with Crippen molar-refractivity contribution in [3.05, 3.63) is 35.7 Å². The van der Waals surface area contributed by atoms with Crippen LogP contribution in [0.2, 0.25) is 0 Å². The maximum atomic E-state index is 12.1. The van der Waals surface area contributed by atoms with Gasteiger partial charge >= 0.3 is 0 Å². The fraction of sp³-hybridized carbons (Fsp3) is 0.214. The molecule has 1 N–H and O–H groups in total. The molecule has 1 aromatic carbocycles. The summed E-state index contributed by atoms with van der Waals surface area (Å²) in [5, 5.41) is 6.88. The lowest BCUT2D eigenvalue weighted by Crippen LogP contribution is -2.11. The monoisotopic (exact) mass is 303 g/mol. The number of nitrogens with zero attached hydrogens (tertiary/aromatic N) is 2. The molecule has 0 unspecified atom stereocenters. The lowest BCUT2D eigenvalue weighted by molar-refractivity contribution is 0.102. The molecule has 21 heavy (non-hydrogen) atoms. The topological polar surface area (TPSA) is 77.2 Å². The lowest BCUT2D eigenvalue weighted by atomic mass is 10.2. The van der Waals surface area contributed by atoms with Crippen LogP contribution in [0.15, 0.2) is 28.9 Å². The van der Waals surface area contributed by atoms with Gasteiger partial charge in [-0.2, -0.15) is 0 Å². The molecular formula is C14H13N3O3S. The molecule has 0 aliphatic heterocycles. The highest BCUT2D eigenvalue weighted by molar-refractivity contribution is 7.22. The zero-order chi connectivity index (χ0) is 14.8. The van der Waals surface area contributed by atoms with Crippen molar-refractivity contribution in [2.24, 2.45) is 0 Å². The van der Waals surface area contributed by atoms with Crippen molar-refractivity contribution in [1.29, 1.82) is 0 Å². The molecule has 0 atom stereocenters. The highest BCUT2D eigenvalue weighted by Gasteiger charge is 2.15. The zero-order valence-corrected chi connectivity index (χ0v) is 12.4. The minimum Gasteiger partial charge on any atom is -0.494 e. The van der Waals surface area contributed by atoms with Crippen LogP contribution in [0.3, 0.4) is 0 Å². The number of thiazole rings is 1. The van der Waals surface area contributed by atoms with Crippen molar-refractivity contribution < 1.29 is 14.1 Å². The number of fused-ring (bicyclic) bond motifs is 1. The summed E-state index contributed by atoms with van der Waals surface area (Å²) in [6.07, 6.45) is 1.39. The van der Waals surface area contributed by atoms with E-state index in [4.69, 9.17) is 9.26 Å². The summed E-state index contributed by atoms with van der Waals surface area (Å²) in [7, 11) is 0. The zero-order valence-electron chi connectivity index (χ0n) is 11.5. The first-order chi connectivity index (χ1) is 10.2. The molecule has 7 heteroatoms. The second-order valence-corrected chi connectivity index (χ2v) is 5.36. The quantitative estimate of drug-likeness (QED) is 0.800. The summed E-state index contributed by atoms with van der Waals surface area (Å²) < 4.78 is 11.3. The highest BCUT2D eigenvalue weighted by atomic mass is 32.1. The molecule has 0 radical (unpaired) electrons. The van der Waals surface area contributed by atoms with E-state index in [1.165, 1.54) is 17.5 Å². The number of nitrogens with one attached hydrogen (secondary N) is 1. The van der Waals surface area contributed by atoms with E-state index in [-0.39, 0.29) is 5.91 Å². The van der Waals surface area contributed by atoms with E-state index in [2.05, 4.69) is 15.5 Å². The molecule has 0 bridgehead atoms. The van der Waals surface area contributed by atoms with Crippen molar-refractivity contribution >= 4 is 32.6 Å². The molecule has 108 valence electrons. The van der Waals surface area contributed by atoms with Crippen LogP contribution in [0, 0.1) is 6.92 Å². The van der Waals surface area contributed by atoms with Crippen LogP contribution in [0.5, 0.6) is 5.75 Å². The van der Waals surface area contributed by atoms with E-state index in [1.54, 1.807) is 6.92 Å². The minimum absolute atomic E-state index is 0.280. The van der Waals surface area contributed by atoms with Crippen molar-refractivity contribution in [2.45, 2.75) is 13.8 Å². The van der Waals surface area contributed by atoms with Gasteiger partial charge in [-0.05, 0) is 32.0 Å². The van der Waals surface area contributed by atoms with Crippen LogP contribution in [0.1, 0.15) is 23.0 Å². The SMILES string of the molecule is CCOc1ccc2nc(NC(=O)c3cnoc3C)sc2c1. The Hall–Kier alpha value is -2.41. The molecule has 6 nitrogen and oxygen atoms in total. The summed E-state index contributed by atoms with van der Waals surface area (Å²) in [5.41, 5.74) is 1.23. The van der Waals surface area contributed by atoms with Crippen LogP contribution in [0.4, 0.5) is 5.13 Å². The van der Waals surface area contributed by atoms with E-state index in [0.29, 0.717) is 23.1 Å². The van der Waals surface area contributed by atoms with Gasteiger partial charge in [-0.1, -0.05) is 16.5 Å². The Kier molecular flexibility index (Phi) is 3.57. The summed E-state index contributed by atoms with van der Waals surface area (Å²) in [5.74, 6) is 0.992. The number of aromatic nitrogens is 2. The fourth-order valence-corrected chi connectivity index (χ4v) is 2.79. The molecule has 0 saturated heterocycles. The van der Waals surface area contributed by atoms with Crippen molar-refractivity contribution in [1.82, 2.24) is 10.1 Å². The first kappa shape index (κ1) is 13.6. The smallest absolute Gasteiger partial charge is 0.262 e. The highest BCUT2D eigenvalue weighted by Crippen LogP contribution is 2.29. The largest absolute Gasteiger partial charge is 0.494 e. The fourth-order valence-electron chi connectivity index (χ4n) is 1.90. The number of aryl methyl sites for hydroxylation is 1. The maximum Gasteiger partial charge on any atom is 0.262 e. The Morgan fingerprint density at radius 1 is 1.48 bits per heavy atom. The average molecular weight is 303 g/mol. The van der Waals surface area contributed by atoms with Crippen molar-refractivity contribution in [3.63, 3.8) is 0 Å². The Morgan fingerprint density at radius 3 is 3.05 bits per heavy atom. The first-order valence-corrected chi connectivity index (χ1v) is 7.25. The second-order valence-electron chi connectivity index (χ2n) is 4.33. The van der Waals surface area contributed by atoms with Crippen LogP contribution in [-0.4, -0.2) is 22.7 Å². The van der Waals surface area contributed by atoms with Crippen molar-refractivity contribution in [2.75, 3.05) is 11.9 Å². The number of amides is 1. The van der Waals surface area contributed by atoms with Crippen LogP contribution in [-0.2, 0) is 0 Å². The summed E-state index contributed by atoms with van der Waals surface area (Å²) in [6, 6.07) is 5.65. The standard InChI is InChI=1S/C14H13N3O3S/c1-3-19-9-4-5-11-12(6-9)21-14(16-11)17-13(18)10-7-15-20-8(10)2/h4-7H,3H2,1-2H3,(H,16,17,18). The van der Waals surface area contributed by atoms with Crippen LogP contribution >= 0.6 is 11.3 Å². The maximum absolute atomic E-state index is 12.1.